The number of aliphatic imine (C=N–C) groups is 2. The first-order valence-corrected chi connectivity index (χ1v) is 18.9. The number of hydrogen-bond donors (Lipinski definition) is 0. The van der Waals surface area contributed by atoms with Crippen LogP contribution in [-0.4, -0.2) is 11.5 Å². The van der Waals surface area contributed by atoms with E-state index in [0.29, 0.717) is 0 Å². The van der Waals surface area contributed by atoms with Crippen molar-refractivity contribution in [3.8, 4) is 11.1 Å². The fourth-order valence-corrected chi connectivity index (χ4v) is 9.13. The molecule has 2 atom stereocenters. The predicted octanol–water partition coefficient (Wildman–Crippen LogP) is 13.1. The molecule has 0 fully saturated rings. The molecule has 2 aliphatic rings. The van der Waals surface area contributed by atoms with Gasteiger partial charge in [-0.1, -0.05) is 126 Å². The Kier molecular flexibility index (Phi) is 7.01. The van der Waals surface area contributed by atoms with E-state index in [1.54, 1.807) is 0 Å². The molecule has 260 valence electrons. The first-order valence-electron chi connectivity index (χ1n) is 18.9. The maximum Gasteiger partial charge on any atom is 0.155 e. The first kappa shape index (κ1) is 32.0. The number of benzene rings is 6. The third-order valence-electron chi connectivity index (χ3n) is 12.8. The number of rotatable bonds is 4. The minimum atomic E-state index is -0.104. The summed E-state index contributed by atoms with van der Waals surface area (Å²) in [5, 5.41) is 4.44. The molecule has 0 amide bonds. The Bertz CT molecular complexity index is 2810. The molecule has 2 unspecified atom stereocenters. The van der Waals surface area contributed by atoms with Crippen LogP contribution in [0.15, 0.2) is 146 Å². The minimum Gasteiger partial charge on any atom is -0.456 e. The molecule has 1 aliphatic carbocycles. The van der Waals surface area contributed by atoms with E-state index in [2.05, 4.69) is 150 Å². The molecular formula is C49H42N2O2. The van der Waals surface area contributed by atoms with Crippen LogP contribution in [0, 0.1) is 5.92 Å². The number of para-hydroxylation sites is 1. The largest absolute Gasteiger partial charge is 0.456 e. The van der Waals surface area contributed by atoms with Gasteiger partial charge in [0, 0.05) is 32.7 Å². The normalized spacial score (nSPS) is 19.2. The van der Waals surface area contributed by atoms with Crippen LogP contribution in [0.4, 0.5) is 0 Å². The Labute approximate surface area is 309 Å². The van der Waals surface area contributed by atoms with Crippen LogP contribution in [0.3, 0.4) is 0 Å². The summed E-state index contributed by atoms with van der Waals surface area (Å²) in [6.45, 7) is 11.8. The van der Waals surface area contributed by atoms with Gasteiger partial charge in [0.05, 0.1) is 11.8 Å². The van der Waals surface area contributed by atoms with E-state index in [9.17, 15) is 0 Å². The van der Waals surface area contributed by atoms with Crippen LogP contribution < -0.4 is 0 Å². The van der Waals surface area contributed by atoms with E-state index >= 15 is 0 Å². The molecule has 4 heteroatoms. The summed E-state index contributed by atoms with van der Waals surface area (Å²) < 4.78 is 13.0. The van der Waals surface area contributed by atoms with Crippen LogP contribution in [0.1, 0.15) is 81.3 Å². The summed E-state index contributed by atoms with van der Waals surface area (Å²) in [6.07, 6.45) is 1.78. The number of furan rings is 2. The second-order valence-electron chi connectivity index (χ2n) is 16.0. The lowest BCUT2D eigenvalue weighted by Crippen LogP contribution is -2.43. The lowest BCUT2D eigenvalue weighted by molar-refractivity contribution is 0.299. The highest BCUT2D eigenvalue weighted by Crippen LogP contribution is 2.55. The van der Waals surface area contributed by atoms with E-state index in [1.165, 1.54) is 27.8 Å². The molecule has 0 saturated carbocycles. The van der Waals surface area contributed by atoms with E-state index in [-0.39, 0.29) is 22.8 Å². The Hall–Kier alpha value is -5.74. The lowest BCUT2D eigenvalue weighted by atomic mass is 9.55. The third kappa shape index (κ3) is 4.74. The molecular weight excluding hydrogens is 649 g/mol. The lowest BCUT2D eigenvalue weighted by Gasteiger charge is -2.48. The first-order chi connectivity index (χ1) is 25.7. The number of nitrogens with zero attached hydrogens (tertiary/aromatic N) is 2. The van der Waals surface area contributed by atoms with Crippen LogP contribution in [-0.2, 0) is 10.8 Å². The summed E-state index contributed by atoms with van der Waals surface area (Å²) in [7, 11) is 0. The molecule has 8 aromatic rings. The zero-order valence-electron chi connectivity index (χ0n) is 30.9. The average Bonchev–Trinajstić information content (AvgIpc) is 3.68. The smallest absolute Gasteiger partial charge is 0.155 e. The van der Waals surface area contributed by atoms with E-state index in [0.717, 1.165) is 79.4 Å². The number of hydrogen-bond acceptors (Lipinski definition) is 4. The van der Waals surface area contributed by atoms with Gasteiger partial charge < -0.3 is 8.83 Å². The van der Waals surface area contributed by atoms with E-state index < -0.39 is 0 Å². The Balaban J connectivity index is 1.19. The van der Waals surface area contributed by atoms with Gasteiger partial charge in [0.1, 0.15) is 22.3 Å². The van der Waals surface area contributed by atoms with Crippen LogP contribution >= 0.6 is 0 Å². The molecule has 0 saturated heterocycles. The van der Waals surface area contributed by atoms with Gasteiger partial charge in [0.2, 0.25) is 0 Å². The predicted molar refractivity (Wildman–Crippen MR) is 220 cm³/mol. The summed E-state index contributed by atoms with van der Waals surface area (Å²) in [5.41, 5.74) is 13.0. The molecule has 0 radical (unpaired) electrons. The Morgan fingerprint density at radius 1 is 0.585 bits per heavy atom. The standard InChI is InChI=1S/C49H42N2O2/c1-6-29-26-40(33-19-14-22-43-45(33)34-18-11-13-21-41(34)52-43)50-47(51-46(29)30-15-8-7-9-16-30)31-23-24-42-36(25-31)37-27-39-35(28-44(37)53-42)32-17-10-12-20-38(32)48(2,3)49(39,4)5/h7-25,27-29,46H,6,26H2,1-5H3. The molecule has 3 heterocycles. The minimum absolute atomic E-state index is 0.0374. The highest BCUT2D eigenvalue weighted by Gasteiger charge is 2.46. The molecule has 10 rings (SSSR count). The average molecular weight is 691 g/mol. The Morgan fingerprint density at radius 2 is 1.26 bits per heavy atom. The molecule has 0 bridgehead atoms. The van der Waals surface area contributed by atoms with Gasteiger partial charge in [0.25, 0.3) is 0 Å². The zero-order valence-corrected chi connectivity index (χ0v) is 30.9. The van der Waals surface area contributed by atoms with Crippen LogP contribution in [0.5, 0.6) is 0 Å². The molecule has 53 heavy (non-hydrogen) atoms. The van der Waals surface area contributed by atoms with Gasteiger partial charge >= 0.3 is 0 Å². The second-order valence-corrected chi connectivity index (χ2v) is 16.0. The van der Waals surface area contributed by atoms with Crippen molar-refractivity contribution < 1.29 is 8.83 Å². The fourth-order valence-electron chi connectivity index (χ4n) is 9.13. The van der Waals surface area contributed by atoms with E-state index in [1.807, 2.05) is 12.1 Å². The summed E-state index contributed by atoms with van der Waals surface area (Å²) in [5.74, 6) is 1.01. The second kappa shape index (κ2) is 11.6. The zero-order chi connectivity index (χ0) is 36.1. The SMILES string of the molecule is CCC1CC(c2cccc3oc4ccccc4c23)=NC(c2ccc3oc4cc5c(cc4c3c2)C(C)(C)C(C)(C)c2ccccc2-5)=NC1c1ccccc1. The van der Waals surface area contributed by atoms with E-state index in [4.69, 9.17) is 18.8 Å². The summed E-state index contributed by atoms with van der Waals surface area (Å²) in [6, 6.07) is 45.4. The summed E-state index contributed by atoms with van der Waals surface area (Å²) in [4.78, 5) is 11.1. The van der Waals surface area contributed by atoms with Crippen molar-refractivity contribution >= 4 is 55.4 Å². The molecule has 4 nitrogen and oxygen atoms in total. The molecule has 2 aromatic heterocycles. The quantitative estimate of drug-likeness (QED) is 0.185. The molecule has 0 N–H and O–H groups in total. The van der Waals surface area contributed by atoms with Gasteiger partial charge in [-0.3, -0.25) is 4.99 Å². The monoisotopic (exact) mass is 690 g/mol. The van der Waals surface area contributed by atoms with Crippen LogP contribution in [0.25, 0.3) is 55.0 Å². The van der Waals surface area contributed by atoms with Gasteiger partial charge in [-0.15, -0.1) is 0 Å². The van der Waals surface area contributed by atoms with Crippen molar-refractivity contribution in [3.05, 3.63) is 155 Å². The maximum absolute atomic E-state index is 6.63. The Morgan fingerprint density at radius 3 is 2.11 bits per heavy atom. The van der Waals surface area contributed by atoms with Crippen molar-refractivity contribution in [2.45, 2.75) is 64.3 Å². The van der Waals surface area contributed by atoms with Crippen molar-refractivity contribution in [2.75, 3.05) is 0 Å². The topological polar surface area (TPSA) is 51.0 Å². The highest BCUT2D eigenvalue weighted by atomic mass is 16.3. The van der Waals surface area contributed by atoms with Crippen molar-refractivity contribution in [1.29, 1.82) is 0 Å². The number of fused-ring (bicyclic) bond motifs is 9. The molecule has 1 aliphatic heterocycles. The molecule has 0 spiro atoms. The van der Waals surface area contributed by atoms with Gasteiger partial charge in [0.15, 0.2) is 5.84 Å². The van der Waals surface area contributed by atoms with Crippen molar-refractivity contribution in [1.82, 2.24) is 0 Å². The molecule has 6 aromatic carbocycles. The summed E-state index contributed by atoms with van der Waals surface area (Å²) >= 11 is 0. The van der Waals surface area contributed by atoms with Gasteiger partial charge in [-0.25, -0.2) is 4.99 Å². The van der Waals surface area contributed by atoms with Crippen LogP contribution in [0.2, 0.25) is 0 Å². The highest BCUT2D eigenvalue weighted by molar-refractivity contribution is 6.22. The fraction of sp³-hybridized carbons (Fsp3) is 0.224. The van der Waals surface area contributed by atoms with Gasteiger partial charge in [-0.05, 0) is 93.5 Å². The maximum atomic E-state index is 6.63. The van der Waals surface area contributed by atoms with Gasteiger partial charge in [-0.2, -0.15) is 0 Å². The number of amidine groups is 1. The van der Waals surface area contributed by atoms with Crippen molar-refractivity contribution in [2.24, 2.45) is 15.9 Å². The van der Waals surface area contributed by atoms with Crippen molar-refractivity contribution in [3.63, 3.8) is 0 Å². The third-order valence-corrected chi connectivity index (χ3v) is 12.8.